The van der Waals surface area contributed by atoms with Crippen LogP contribution >= 0.6 is 11.3 Å². The van der Waals surface area contributed by atoms with Crippen molar-refractivity contribution < 1.29 is 29.0 Å². The van der Waals surface area contributed by atoms with E-state index in [-0.39, 0.29) is 18.1 Å². The summed E-state index contributed by atoms with van der Waals surface area (Å²) in [4.78, 5) is 54.4. The number of carbonyl (C=O) groups excluding carboxylic acids is 2. The Labute approximate surface area is 331 Å². The van der Waals surface area contributed by atoms with Gasteiger partial charge in [-0.05, 0) is 105 Å². The first kappa shape index (κ1) is 38.9. The summed E-state index contributed by atoms with van der Waals surface area (Å²) < 4.78 is 13.0. The van der Waals surface area contributed by atoms with Gasteiger partial charge in [-0.15, -0.1) is 0 Å². The Balaban J connectivity index is 1.06. The number of rotatable bonds is 12. The zero-order valence-electron chi connectivity index (χ0n) is 32.3. The van der Waals surface area contributed by atoms with Crippen molar-refractivity contribution in [3.05, 3.63) is 101 Å². The first-order chi connectivity index (χ1) is 26.9. The first-order valence-electron chi connectivity index (χ1n) is 19.1. The highest BCUT2D eigenvalue weighted by atomic mass is 32.1. The van der Waals surface area contributed by atoms with E-state index in [4.69, 9.17) is 19.6 Å². The van der Waals surface area contributed by atoms with Gasteiger partial charge in [0.25, 0.3) is 5.91 Å². The summed E-state index contributed by atoms with van der Waals surface area (Å²) in [6.45, 7) is 13.4. The van der Waals surface area contributed by atoms with Crippen LogP contribution in [0.3, 0.4) is 0 Å². The second-order valence-corrected chi connectivity index (χ2v) is 16.3. The van der Waals surface area contributed by atoms with Crippen LogP contribution < -0.4 is 15.0 Å². The highest BCUT2D eigenvalue weighted by Gasteiger charge is 2.28. The Morgan fingerprint density at radius 1 is 0.893 bits per heavy atom. The number of nitrogens with zero attached hydrogens (tertiary/aromatic N) is 5. The summed E-state index contributed by atoms with van der Waals surface area (Å²) in [6.07, 6.45) is 1.57. The zero-order valence-corrected chi connectivity index (χ0v) is 33.2. The smallest absolute Gasteiger partial charge is 0.358 e. The molecule has 292 valence electrons. The predicted octanol–water partition coefficient (Wildman–Crippen LogP) is 6.91. The largest absolute Gasteiger partial charge is 0.494 e. The number of esters is 1. The molecule has 0 aliphatic carbocycles. The third kappa shape index (κ3) is 9.35. The molecular formula is C43H48N6O6S. The fourth-order valence-electron chi connectivity index (χ4n) is 7.27. The minimum atomic E-state index is -0.786. The highest BCUT2D eigenvalue weighted by Crippen LogP contribution is 2.34. The van der Waals surface area contributed by atoms with Gasteiger partial charge in [-0.2, -0.15) is 0 Å². The van der Waals surface area contributed by atoms with Gasteiger partial charge in [0.1, 0.15) is 17.2 Å². The van der Waals surface area contributed by atoms with Gasteiger partial charge < -0.3 is 24.4 Å². The quantitative estimate of drug-likeness (QED) is 0.101. The molecule has 0 saturated carbocycles. The number of ether oxygens (including phenoxy) is 2. The average Bonchev–Trinajstić information content (AvgIpc) is 3.58. The molecular weight excluding hydrogens is 729 g/mol. The molecule has 2 aliphatic heterocycles. The zero-order chi connectivity index (χ0) is 39.4. The Morgan fingerprint density at radius 2 is 1.66 bits per heavy atom. The molecule has 0 radical (unpaired) electrons. The van der Waals surface area contributed by atoms with E-state index in [0.29, 0.717) is 48.2 Å². The lowest BCUT2D eigenvalue weighted by Gasteiger charge is -2.33. The van der Waals surface area contributed by atoms with Crippen LogP contribution in [0.2, 0.25) is 0 Å². The van der Waals surface area contributed by atoms with Crippen LogP contribution in [0.25, 0.3) is 21.3 Å². The molecule has 56 heavy (non-hydrogen) atoms. The molecule has 0 unspecified atom stereocenters. The normalized spacial score (nSPS) is 15.0. The summed E-state index contributed by atoms with van der Waals surface area (Å²) in [5, 5.41) is 12.6. The number of amides is 1. The number of aromatic nitrogens is 2. The van der Waals surface area contributed by atoms with Gasteiger partial charge in [0.2, 0.25) is 0 Å². The van der Waals surface area contributed by atoms with Gasteiger partial charge in [0.15, 0.2) is 10.8 Å². The summed E-state index contributed by atoms with van der Waals surface area (Å²) in [7, 11) is 0. The summed E-state index contributed by atoms with van der Waals surface area (Å²) >= 11 is 1.44. The maximum atomic E-state index is 13.8. The number of nitrogens with one attached hydrogen (secondary N) is 1. The molecule has 1 saturated heterocycles. The topological polar surface area (TPSA) is 137 Å². The van der Waals surface area contributed by atoms with E-state index in [2.05, 4.69) is 26.2 Å². The lowest BCUT2D eigenvalue weighted by Crippen LogP contribution is -2.48. The minimum absolute atomic E-state index is 0.0921. The van der Waals surface area contributed by atoms with Crippen molar-refractivity contribution in [1.29, 1.82) is 0 Å². The molecule has 2 N–H and O–H groups in total. The number of thiazole rings is 1. The number of benzene rings is 3. The molecule has 0 atom stereocenters. The molecule has 0 bridgehead atoms. The van der Waals surface area contributed by atoms with Crippen LogP contribution in [0.1, 0.15) is 64.7 Å². The molecule has 1 fully saturated rings. The number of carboxylic acids is 1. The molecule has 0 spiro atoms. The Kier molecular flexibility index (Phi) is 11.7. The SMILES string of the molecule is Cc1cc(OCCCN2CCN(CC(=O)O)CC2)ccc1-c1ccc(N2CCc3cccc(C(=O)Nc4nc5ccccc5s4)c3C2)nc1C(=O)OC(C)(C)C. The highest BCUT2D eigenvalue weighted by molar-refractivity contribution is 7.22. The van der Waals surface area contributed by atoms with Crippen LogP contribution in [0.5, 0.6) is 5.75 Å². The number of hydrogen-bond acceptors (Lipinski definition) is 11. The number of hydrogen-bond donors (Lipinski definition) is 2. The number of anilines is 2. The molecule has 2 aliphatic rings. The fourth-order valence-corrected chi connectivity index (χ4v) is 8.13. The van der Waals surface area contributed by atoms with Crippen molar-refractivity contribution in [2.45, 2.75) is 52.7 Å². The van der Waals surface area contributed by atoms with Crippen molar-refractivity contribution >= 4 is 50.3 Å². The number of pyridine rings is 1. The van der Waals surface area contributed by atoms with E-state index in [1.54, 1.807) is 0 Å². The van der Waals surface area contributed by atoms with Gasteiger partial charge in [0, 0.05) is 56.9 Å². The number of aliphatic carboxylic acids is 1. The predicted molar refractivity (Wildman–Crippen MR) is 219 cm³/mol. The lowest BCUT2D eigenvalue weighted by atomic mass is 9.94. The van der Waals surface area contributed by atoms with E-state index in [0.717, 1.165) is 77.4 Å². The van der Waals surface area contributed by atoms with Crippen molar-refractivity contribution in [3.63, 3.8) is 0 Å². The second kappa shape index (κ2) is 16.8. The Morgan fingerprint density at radius 3 is 2.41 bits per heavy atom. The van der Waals surface area contributed by atoms with E-state index in [9.17, 15) is 14.4 Å². The van der Waals surface area contributed by atoms with Crippen LogP contribution in [0, 0.1) is 6.92 Å². The third-order valence-corrected chi connectivity index (χ3v) is 11.0. The van der Waals surface area contributed by atoms with E-state index in [1.165, 1.54) is 11.3 Å². The first-order valence-corrected chi connectivity index (χ1v) is 19.9. The van der Waals surface area contributed by atoms with Crippen LogP contribution in [-0.4, -0.2) is 101 Å². The number of carbonyl (C=O) groups is 3. The maximum Gasteiger partial charge on any atom is 0.358 e. The molecule has 4 heterocycles. The third-order valence-electron chi connectivity index (χ3n) is 10.0. The average molecular weight is 777 g/mol. The number of aryl methyl sites for hydroxylation is 1. The van der Waals surface area contributed by atoms with Crippen LogP contribution in [-0.2, 0) is 22.5 Å². The number of carboxylic acid groups (broad SMARTS) is 1. The second-order valence-electron chi connectivity index (χ2n) is 15.3. The van der Waals surface area contributed by atoms with Gasteiger partial charge in [-0.25, -0.2) is 14.8 Å². The summed E-state index contributed by atoms with van der Waals surface area (Å²) in [5.74, 6) is -0.132. The monoisotopic (exact) mass is 776 g/mol. The maximum absolute atomic E-state index is 13.8. The minimum Gasteiger partial charge on any atom is -0.494 e. The van der Waals surface area contributed by atoms with Crippen LogP contribution in [0.4, 0.5) is 10.9 Å². The number of fused-ring (bicyclic) bond motifs is 2. The van der Waals surface area contributed by atoms with Crippen LogP contribution in [0.15, 0.2) is 72.8 Å². The van der Waals surface area contributed by atoms with E-state index < -0.39 is 17.5 Å². The molecule has 7 rings (SSSR count). The van der Waals surface area contributed by atoms with Crippen molar-refractivity contribution in [2.75, 3.05) is 62.6 Å². The lowest BCUT2D eigenvalue weighted by molar-refractivity contribution is -0.138. The Bertz CT molecular complexity index is 2210. The van der Waals surface area contributed by atoms with Gasteiger partial charge in [-0.1, -0.05) is 41.7 Å². The van der Waals surface area contributed by atoms with Crippen molar-refractivity contribution in [3.8, 4) is 16.9 Å². The van der Waals surface area contributed by atoms with Crippen molar-refractivity contribution in [1.82, 2.24) is 19.8 Å². The van der Waals surface area contributed by atoms with E-state index >= 15 is 0 Å². The molecule has 13 heteroatoms. The summed E-state index contributed by atoms with van der Waals surface area (Å²) in [5.41, 5.74) is 5.43. The standard InChI is InChI=1S/C43H48N6O6S/c1-28-25-30(54-24-8-18-47-20-22-48(23-21-47)27-38(50)51)13-14-31(28)32-15-16-37(45-39(32)41(53)55-43(2,3)4)49-19-17-29-9-7-10-33(34(29)26-49)40(52)46-42-44-35-11-5-6-12-36(35)56-42/h5-7,9-16,25H,8,17-24,26-27H2,1-4H3,(H,50,51)(H,44,46,52). The molecule has 1 amide bonds. The van der Waals surface area contributed by atoms with Gasteiger partial charge in [0.05, 0.1) is 23.4 Å². The van der Waals surface area contributed by atoms with Gasteiger partial charge >= 0.3 is 11.9 Å². The summed E-state index contributed by atoms with van der Waals surface area (Å²) in [6, 6.07) is 23.4. The Hall–Kier alpha value is -5.37. The fraction of sp³-hybridized carbons (Fsp3) is 0.372. The number of para-hydroxylation sites is 1. The van der Waals surface area contributed by atoms with Gasteiger partial charge in [-0.3, -0.25) is 19.8 Å². The molecule has 3 aromatic carbocycles. The molecule has 2 aromatic heterocycles. The molecule has 5 aromatic rings. The molecule has 12 nitrogen and oxygen atoms in total. The van der Waals surface area contributed by atoms with E-state index in [1.807, 2.05) is 99.3 Å². The number of piperazine rings is 1. The van der Waals surface area contributed by atoms with Crippen molar-refractivity contribution in [2.24, 2.45) is 0 Å².